The van der Waals surface area contributed by atoms with Crippen molar-refractivity contribution in [3.8, 4) is 0 Å². The first kappa shape index (κ1) is 42.5. The van der Waals surface area contributed by atoms with Crippen molar-refractivity contribution in [2.75, 3.05) is 0 Å². The van der Waals surface area contributed by atoms with Crippen LogP contribution in [0.2, 0.25) is 20.1 Å². The highest BCUT2D eigenvalue weighted by Gasteiger charge is 2.47. The first-order valence-corrected chi connectivity index (χ1v) is 24.1. The molecule has 0 N–H and O–H groups in total. The van der Waals surface area contributed by atoms with Crippen molar-refractivity contribution in [1.82, 2.24) is 19.8 Å². The Bertz CT molecular complexity index is 2130. The van der Waals surface area contributed by atoms with Crippen molar-refractivity contribution >= 4 is 78.3 Å². The third kappa shape index (κ3) is 8.88. The van der Waals surface area contributed by atoms with E-state index >= 15 is 0 Å². The van der Waals surface area contributed by atoms with Crippen LogP contribution in [0.4, 0.5) is 0 Å². The molecular weight excluding hydrogens is 958 g/mol. The fourth-order valence-corrected chi connectivity index (χ4v) is 12.2. The molecule has 10 rings (SSSR count). The Morgan fingerprint density at radius 2 is 0.700 bits per heavy atom. The SMILES string of the molecule is Clc1ccccc1C(c1ccccc1Cl)N1C2CCC1CC(c1ccc(Br)cn1)C2.Clc1ccccc1C(c1ccccc1Cl)N1C2CCC1CC(c1ccc(Br)cn1)C2. The molecule has 0 spiro atoms. The second-order valence-electron chi connectivity index (χ2n) is 16.7. The standard InChI is InChI=1S/2C25H23BrCl2N2/c2*26-17-9-12-24(29-15-17)16-13-18-10-11-19(14-16)30(18)25(20-5-1-3-7-22(20)27)21-6-2-4-8-23(21)28/h2*1-9,12,15-16,18-19,25H,10-11,13-14H2. The Hall–Kier alpha value is -2.78. The summed E-state index contributed by atoms with van der Waals surface area (Å²) in [5.41, 5.74) is 6.99. The molecule has 4 nitrogen and oxygen atoms in total. The summed E-state index contributed by atoms with van der Waals surface area (Å²) in [6, 6.07) is 43.5. The third-order valence-electron chi connectivity index (χ3n) is 13.3. The summed E-state index contributed by atoms with van der Waals surface area (Å²) in [5.74, 6) is 1.01. The van der Waals surface area contributed by atoms with Crippen LogP contribution in [0.25, 0.3) is 0 Å². The van der Waals surface area contributed by atoms with Crippen LogP contribution in [-0.4, -0.2) is 43.9 Å². The van der Waals surface area contributed by atoms with Crippen LogP contribution < -0.4 is 0 Å². The molecule has 0 radical (unpaired) electrons. The van der Waals surface area contributed by atoms with E-state index in [1.807, 2.05) is 60.9 Å². The first-order chi connectivity index (χ1) is 29.2. The van der Waals surface area contributed by atoms with E-state index in [1.54, 1.807) is 0 Å². The van der Waals surface area contributed by atoms with Gasteiger partial charge in [-0.15, -0.1) is 0 Å². The number of aromatic nitrogens is 2. The van der Waals surface area contributed by atoms with Crippen LogP contribution in [0.1, 0.15) is 109 Å². The molecular formula is C50H46Br2Cl4N4. The highest BCUT2D eigenvalue weighted by Crippen LogP contribution is 2.52. The number of hydrogen-bond donors (Lipinski definition) is 0. The minimum Gasteiger partial charge on any atom is -0.286 e. The molecule has 0 aliphatic carbocycles. The molecule has 0 saturated carbocycles. The number of benzene rings is 4. The molecule has 60 heavy (non-hydrogen) atoms. The molecule has 4 atom stereocenters. The lowest BCUT2D eigenvalue weighted by atomic mass is 9.84. The Balaban J connectivity index is 0.000000154. The number of rotatable bonds is 8. The number of piperidine rings is 2. The lowest BCUT2D eigenvalue weighted by molar-refractivity contribution is 0.0926. The van der Waals surface area contributed by atoms with Crippen LogP contribution in [0, 0.1) is 0 Å². The van der Waals surface area contributed by atoms with E-state index in [2.05, 4.69) is 114 Å². The van der Waals surface area contributed by atoms with Gasteiger partial charge in [-0.25, -0.2) is 0 Å². The van der Waals surface area contributed by atoms with Crippen LogP contribution in [-0.2, 0) is 0 Å². The molecule has 4 aliphatic rings. The summed E-state index contributed by atoms with van der Waals surface area (Å²) in [5, 5.41) is 3.22. The van der Waals surface area contributed by atoms with Gasteiger partial charge >= 0.3 is 0 Å². The molecule has 6 aromatic rings. The summed E-state index contributed by atoms with van der Waals surface area (Å²) in [4.78, 5) is 14.8. The van der Waals surface area contributed by atoms with Gasteiger partial charge in [0.2, 0.25) is 0 Å². The minimum absolute atomic E-state index is 0.0729. The number of nitrogens with zero attached hydrogens (tertiary/aromatic N) is 4. The normalized spacial score (nSPS) is 23.8. The Morgan fingerprint density at radius 3 is 0.950 bits per heavy atom. The molecule has 10 heteroatoms. The van der Waals surface area contributed by atoms with Gasteiger partial charge < -0.3 is 0 Å². The van der Waals surface area contributed by atoms with E-state index in [4.69, 9.17) is 56.4 Å². The lowest BCUT2D eigenvalue weighted by Crippen LogP contribution is -2.45. The molecule has 2 aromatic heterocycles. The predicted octanol–water partition coefficient (Wildman–Crippen LogP) is 15.3. The Morgan fingerprint density at radius 1 is 0.417 bits per heavy atom. The fraction of sp³-hybridized carbons (Fsp3) is 0.320. The summed E-state index contributed by atoms with van der Waals surface area (Å²) < 4.78 is 2.06. The zero-order valence-corrected chi connectivity index (χ0v) is 39.2. The van der Waals surface area contributed by atoms with Gasteiger partial charge in [0.05, 0.1) is 12.1 Å². The number of pyridine rings is 2. The molecule has 0 amide bonds. The van der Waals surface area contributed by atoms with Crippen molar-refractivity contribution in [2.45, 2.75) is 99.5 Å². The van der Waals surface area contributed by atoms with Crippen molar-refractivity contribution in [3.05, 3.63) is 196 Å². The zero-order chi connectivity index (χ0) is 41.3. The van der Waals surface area contributed by atoms with E-state index in [1.165, 1.54) is 37.1 Å². The maximum Gasteiger partial charge on any atom is 0.0636 e. The smallest absolute Gasteiger partial charge is 0.0636 e. The van der Waals surface area contributed by atoms with E-state index in [9.17, 15) is 0 Å². The maximum absolute atomic E-state index is 6.71. The number of halogens is 6. The van der Waals surface area contributed by atoms with E-state index < -0.39 is 0 Å². The topological polar surface area (TPSA) is 32.3 Å². The van der Waals surface area contributed by atoms with Gasteiger partial charge in [0.15, 0.2) is 0 Å². The maximum atomic E-state index is 6.71. The summed E-state index contributed by atoms with van der Waals surface area (Å²) in [6.07, 6.45) is 13.2. The van der Waals surface area contributed by atoms with Gasteiger partial charge in [0, 0.05) is 88.8 Å². The first-order valence-electron chi connectivity index (χ1n) is 21.0. The predicted molar refractivity (Wildman–Crippen MR) is 255 cm³/mol. The molecule has 308 valence electrons. The van der Waals surface area contributed by atoms with Crippen molar-refractivity contribution in [1.29, 1.82) is 0 Å². The summed E-state index contributed by atoms with van der Waals surface area (Å²) in [6.45, 7) is 0. The van der Waals surface area contributed by atoms with Gasteiger partial charge in [-0.1, -0.05) is 119 Å². The average molecular weight is 1000 g/mol. The van der Waals surface area contributed by atoms with Crippen LogP contribution in [0.15, 0.2) is 143 Å². The quantitative estimate of drug-likeness (QED) is 0.152. The van der Waals surface area contributed by atoms with Crippen molar-refractivity contribution < 1.29 is 0 Å². The number of fused-ring (bicyclic) bond motifs is 4. The molecule has 4 aliphatic heterocycles. The van der Waals surface area contributed by atoms with E-state index in [0.29, 0.717) is 36.0 Å². The van der Waals surface area contributed by atoms with Crippen LogP contribution in [0.3, 0.4) is 0 Å². The van der Waals surface area contributed by atoms with Crippen molar-refractivity contribution in [3.63, 3.8) is 0 Å². The lowest BCUT2D eigenvalue weighted by Gasteiger charge is -2.44. The third-order valence-corrected chi connectivity index (χ3v) is 15.6. The van der Waals surface area contributed by atoms with Gasteiger partial charge in [-0.2, -0.15) is 0 Å². The second kappa shape index (κ2) is 18.9. The highest BCUT2D eigenvalue weighted by atomic mass is 79.9. The van der Waals surface area contributed by atoms with Gasteiger partial charge in [0.1, 0.15) is 0 Å². The Labute approximate surface area is 390 Å². The molecule has 4 unspecified atom stereocenters. The molecule has 4 fully saturated rings. The van der Waals surface area contributed by atoms with Gasteiger partial charge in [-0.3, -0.25) is 19.8 Å². The van der Waals surface area contributed by atoms with Crippen molar-refractivity contribution in [2.24, 2.45) is 0 Å². The second-order valence-corrected chi connectivity index (χ2v) is 20.2. The van der Waals surface area contributed by atoms with Gasteiger partial charge in [0.25, 0.3) is 0 Å². The molecule has 4 bridgehead atoms. The summed E-state index contributed by atoms with van der Waals surface area (Å²) in [7, 11) is 0. The zero-order valence-electron chi connectivity index (χ0n) is 33.0. The molecule has 4 saturated heterocycles. The minimum atomic E-state index is 0.0729. The van der Waals surface area contributed by atoms with Gasteiger partial charge in [-0.05, 0) is 154 Å². The average Bonchev–Trinajstić information content (AvgIpc) is 3.65. The van der Waals surface area contributed by atoms with E-state index in [-0.39, 0.29) is 12.1 Å². The Kier molecular flexibility index (Phi) is 13.4. The molecule has 4 aromatic carbocycles. The summed E-state index contributed by atoms with van der Waals surface area (Å²) >= 11 is 33.9. The van der Waals surface area contributed by atoms with E-state index in [0.717, 1.165) is 77.0 Å². The van der Waals surface area contributed by atoms with Crippen LogP contribution >= 0.6 is 78.3 Å². The molecule has 6 heterocycles. The fourth-order valence-electron chi connectivity index (χ4n) is 10.8. The van der Waals surface area contributed by atoms with Crippen LogP contribution in [0.5, 0.6) is 0 Å². The number of hydrogen-bond acceptors (Lipinski definition) is 4. The highest BCUT2D eigenvalue weighted by molar-refractivity contribution is 9.10. The largest absolute Gasteiger partial charge is 0.286 e. The monoisotopic (exact) mass is 1000 g/mol.